The molecule has 0 unspecified atom stereocenters. The third-order valence-corrected chi connectivity index (χ3v) is 4.63. The van der Waals surface area contributed by atoms with Gasteiger partial charge in [0.25, 0.3) is 0 Å². The van der Waals surface area contributed by atoms with Crippen molar-refractivity contribution in [3.05, 3.63) is 72.8 Å². The molecule has 0 saturated carbocycles. The molecule has 0 aliphatic heterocycles. The van der Waals surface area contributed by atoms with Crippen molar-refractivity contribution in [1.29, 1.82) is 0 Å². The average Bonchev–Trinajstić information content (AvgIpc) is 3.16. The highest BCUT2D eigenvalue weighted by atomic mass is 19.1. The number of fused-ring (bicyclic) bond motifs is 5. The van der Waals surface area contributed by atoms with Crippen molar-refractivity contribution in [1.82, 2.24) is 14.0 Å². The number of imidazole rings is 1. The quantitative estimate of drug-likeness (QED) is 0.436. The summed E-state index contributed by atoms with van der Waals surface area (Å²) in [5, 5.41) is 2.42. The van der Waals surface area contributed by atoms with Gasteiger partial charge in [0.2, 0.25) is 0 Å². The lowest BCUT2D eigenvalue weighted by atomic mass is 10.2. The van der Waals surface area contributed by atoms with Gasteiger partial charge in [0.15, 0.2) is 5.65 Å². The average molecular weight is 315 g/mol. The van der Waals surface area contributed by atoms with Crippen molar-refractivity contribution < 1.29 is 4.39 Å². The fourth-order valence-corrected chi connectivity index (χ4v) is 3.46. The van der Waals surface area contributed by atoms with E-state index in [-0.39, 0.29) is 5.82 Å². The van der Waals surface area contributed by atoms with Gasteiger partial charge in [-0.05, 0) is 36.4 Å². The first kappa shape index (κ1) is 13.3. The molecule has 0 fully saturated rings. The summed E-state index contributed by atoms with van der Waals surface area (Å²) in [4.78, 5) is 4.82. The van der Waals surface area contributed by atoms with Crippen LogP contribution < -0.4 is 0 Å². The Kier molecular flexibility index (Phi) is 2.59. The predicted molar refractivity (Wildman–Crippen MR) is 94.6 cm³/mol. The fourth-order valence-electron chi connectivity index (χ4n) is 3.46. The summed E-state index contributed by atoms with van der Waals surface area (Å²) in [7, 11) is 2.07. The van der Waals surface area contributed by atoms with Crippen molar-refractivity contribution >= 4 is 27.5 Å². The molecular formula is C20H14FN3. The smallest absolute Gasteiger partial charge is 0.162 e. The van der Waals surface area contributed by atoms with Crippen molar-refractivity contribution in [3.8, 4) is 11.3 Å². The van der Waals surface area contributed by atoms with E-state index in [9.17, 15) is 4.39 Å². The Labute approximate surface area is 137 Å². The van der Waals surface area contributed by atoms with Crippen LogP contribution in [0.2, 0.25) is 0 Å². The van der Waals surface area contributed by atoms with Crippen LogP contribution in [-0.4, -0.2) is 14.0 Å². The van der Waals surface area contributed by atoms with Gasteiger partial charge < -0.3 is 8.97 Å². The molecular weight excluding hydrogens is 301 g/mol. The Hall–Kier alpha value is -3.14. The van der Waals surface area contributed by atoms with E-state index in [2.05, 4.69) is 35.9 Å². The molecule has 24 heavy (non-hydrogen) atoms. The molecule has 0 radical (unpaired) electrons. The first-order valence-corrected chi connectivity index (χ1v) is 7.83. The molecule has 0 aliphatic carbocycles. The molecule has 0 atom stereocenters. The molecule has 3 aromatic heterocycles. The summed E-state index contributed by atoms with van der Waals surface area (Å²) in [6.45, 7) is 0. The number of rotatable bonds is 1. The van der Waals surface area contributed by atoms with Crippen LogP contribution in [0.5, 0.6) is 0 Å². The number of halogens is 1. The summed E-state index contributed by atoms with van der Waals surface area (Å²) >= 11 is 0. The highest BCUT2D eigenvalue weighted by Crippen LogP contribution is 2.31. The van der Waals surface area contributed by atoms with Crippen molar-refractivity contribution in [2.75, 3.05) is 0 Å². The molecule has 0 bridgehead atoms. The largest absolute Gasteiger partial charge is 0.341 e. The number of aryl methyl sites for hydroxylation is 1. The number of hydrogen-bond acceptors (Lipinski definition) is 1. The summed E-state index contributed by atoms with van der Waals surface area (Å²) in [5.41, 5.74) is 4.95. The second kappa shape index (κ2) is 4.68. The van der Waals surface area contributed by atoms with E-state index in [1.807, 2.05) is 22.9 Å². The number of pyridine rings is 1. The van der Waals surface area contributed by atoms with Crippen LogP contribution in [-0.2, 0) is 7.05 Å². The first-order valence-electron chi connectivity index (χ1n) is 7.83. The Balaban J connectivity index is 1.86. The summed E-state index contributed by atoms with van der Waals surface area (Å²) in [6, 6.07) is 16.9. The van der Waals surface area contributed by atoms with E-state index in [4.69, 9.17) is 4.98 Å². The SMILES string of the molecule is Cn1c2ccccc2c2ccn3cc(-c4ccc(F)cc4)nc3c21. The molecule has 0 aliphatic rings. The van der Waals surface area contributed by atoms with Gasteiger partial charge in [0.1, 0.15) is 5.82 Å². The van der Waals surface area contributed by atoms with Gasteiger partial charge >= 0.3 is 0 Å². The Morgan fingerprint density at radius 2 is 1.71 bits per heavy atom. The van der Waals surface area contributed by atoms with Crippen LogP contribution in [0.3, 0.4) is 0 Å². The number of aromatic nitrogens is 3. The summed E-state index contributed by atoms with van der Waals surface area (Å²) in [5.74, 6) is -0.237. The monoisotopic (exact) mass is 315 g/mol. The van der Waals surface area contributed by atoms with Crippen LogP contribution in [0.25, 0.3) is 38.7 Å². The number of para-hydroxylation sites is 1. The minimum absolute atomic E-state index is 0.237. The van der Waals surface area contributed by atoms with Gasteiger partial charge in [0.05, 0.1) is 11.2 Å². The predicted octanol–water partition coefficient (Wildman–Crippen LogP) is 4.79. The topological polar surface area (TPSA) is 22.2 Å². The van der Waals surface area contributed by atoms with Gasteiger partial charge in [0, 0.05) is 41.3 Å². The molecule has 0 N–H and O–H groups in total. The molecule has 3 heterocycles. The molecule has 5 rings (SSSR count). The first-order chi connectivity index (χ1) is 11.7. The molecule has 3 nitrogen and oxygen atoms in total. The van der Waals surface area contributed by atoms with E-state index in [0.717, 1.165) is 22.4 Å². The zero-order chi connectivity index (χ0) is 16.3. The number of benzene rings is 2. The van der Waals surface area contributed by atoms with E-state index in [1.54, 1.807) is 12.1 Å². The van der Waals surface area contributed by atoms with Crippen LogP contribution in [0, 0.1) is 5.82 Å². The van der Waals surface area contributed by atoms with Crippen molar-refractivity contribution in [2.24, 2.45) is 7.05 Å². The number of hydrogen-bond donors (Lipinski definition) is 0. The highest BCUT2D eigenvalue weighted by Gasteiger charge is 2.14. The minimum atomic E-state index is -0.237. The fraction of sp³-hybridized carbons (Fsp3) is 0.0500. The maximum atomic E-state index is 13.2. The lowest BCUT2D eigenvalue weighted by molar-refractivity contribution is 0.628. The van der Waals surface area contributed by atoms with E-state index < -0.39 is 0 Å². The maximum absolute atomic E-state index is 13.2. The molecule has 0 amide bonds. The van der Waals surface area contributed by atoms with E-state index >= 15 is 0 Å². The van der Waals surface area contributed by atoms with Crippen molar-refractivity contribution in [2.45, 2.75) is 0 Å². The van der Waals surface area contributed by atoms with Crippen LogP contribution >= 0.6 is 0 Å². The summed E-state index contributed by atoms with van der Waals surface area (Å²) < 4.78 is 17.4. The van der Waals surface area contributed by atoms with Gasteiger partial charge in [-0.2, -0.15) is 0 Å². The Morgan fingerprint density at radius 1 is 0.917 bits per heavy atom. The Morgan fingerprint density at radius 3 is 2.54 bits per heavy atom. The lowest BCUT2D eigenvalue weighted by Crippen LogP contribution is -1.90. The molecule has 4 heteroatoms. The zero-order valence-corrected chi connectivity index (χ0v) is 13.1. The van der Waals surface area contributed by atoms with Crippen LogP contribution in [0.4, 0.5) is 4.39 Å². The third-order valence-electron chi connectivity index (χ3n) is 4.63. The molecule has 0 saturated heterocycles. The summed E-state index contributed by atoms with van der Waals surface area (Å²) in [6.07, 6.45) is 4.02. The van der Waals surface area contributed by atoms with Gasteiger partial charge in [-0.15, -0.1) is 0 Å². The lowest BCUT2D eigenvalue weighted by Gasteiger charge is -1.99. The van der Waals surface area contributed by atoms with Crippen molar-refractivity contribution in [3.63, 3.8) is 0 Å². The second-order valence-corrected chi connectivity index (χ2v) is 6.02. The molecule has 2 aromatic carbocycles. The zero-order valence-electron chi connectivity index (χ0n) is 13.1. The highest BCUT2D eigenvalue weighted by molar-refractivity contribution is 6.12. The second-order valence-electron chi connectivity index (χ2n) is 6.02. The van der Waals surface area contributed by atoms with Crippen LogP contribution in [0.1, 0.15) is 0 Å². The Bertz CT molecular complexity index is 1210. The molecule has 0 spiro atoms. The van der Waals surface area contributed by atoms with E-state index in [1.165, 1.54) is 28.4 Å². The third kappa shape index (κ3) is 1.74. The normalized spacial score (nSPS) is 11.8. The van der Waals surface area contributed by atoms with Gasteiger partial charge in [-0.25, -0.2) is 9.37 Å². The van der Waals surface area contributed by atoms with Crippen LogP contribution in [0.15, 0.2) is 67.0 Å². The standard InChI is InChI=1S/C20H14FN3/c1-23-18-5-3-2-4-15(18)16-10-11-24-12-17(22-20(24)19(16)23)13-6-8-14(21)9-7-13/h2-12H,1H3. The molecule has 116 valence electrons. The minimum Gasteiger partial charge on any atom is -0.341 e. The molecule has 5 aromatic rings. The maximum Gasteiger partial charge on any atom is 0.162 e. The van der Waals surface area contributed by atoms with Gasteiger partial charge in [-0.3, -0.25) is 0 Å². The van der Waals surface area contributed by atoms with E-state index in [0.29, 0.717) is 0 Å². The van der Waals surface area contributed by atoms with Gasteiger partial charge in [-0.1, -0.05) is 18.2 Å². The number of nitrogens with zero attached hydrogens (tertiary/aromatic N) is 3.